The Balaban J connectivity index is 1.75. The van der Waals surface area contributed by atoms with Crippen molar-refractivity contribution in [3.63, 3.8) is 0 Å². The molecule has 0 bridgehead atoms. The van der Waals surface area contributed by atoms with E-state index in [2.05, 4.69) is 23.5 Å². The highest BCUT2D eigenvalue weighted by Crippen LogP contribution is 2.24. The van der Waals surface area contributed by atoms with Crippen molar-refractivity contribution in [3.05, 3.63) is 66.2 Å². The number of hydrogen-bond acceptors (Lipinski definition) is 2. The summed E-state index contributed by atoms with van der Waals surface area (Å²) < 4.78 is 5.76. The molecule has 1 N–H and O–H groups in total. The van der Waals surface area contributed by atoms with Crippen LogP contribution in [-0.2, 0) is 0 Å². The zero-order chi connectivity index (χ0) is 12.2. The summed E-state index contributed by atoms with van der Waals surface area (Å²) in [5.41, 5.74) is 2.63. The van der Waals surface area contributed by atoms with Crippen molar-refractivity contribution in [3.8, 4) is 11.5 Å². The SMILES string of the molecule is C1=C(c2ccc(Oc3ccccc3)cc2)CNC1. The molecule has 3 rings (SSSR count). The van der Waals surface area contributed by atoms with Gasteiger partial charge in [0.15, 0.2) is 0 Å². The molecule has 0 saturated carbocycles. The van der Waals surface area contributed by atoms with Crippen molar-refractivity contribution in [2.24, 2.45) is 0 Å². The van der Waals surface area contributed by atoms with Crippen LogP contribution < -0.4 is 10.1 Å². The van der Waals surface area contributed by atoms with Crippen molar-refractivity contribution >= 4 is 5.57 Å². The summed E-state index contributed by atoms with van der Waals surface area (Å²) in [5, 5.41) is 3.30. The quantitative estimate of drug-likeness (QED) is 0.882. The normalized spacial score (nSPS) is 14.3. The van der Waals surface area contributed by atoms with Gasteiger partial charge in [0.05, 0.1) is 0 Å². The summed E-state index contributed by atoms with van der Waals surface area (Å²) in [6.07, 6.45) is 2.23. The van der Waals surface area contributed by atoms with Crippen LogP contribution in [0.4, 0.5) is 0 Å². The fraction of sp³-hybridized carbons (Fsp3) is 0.125. The first-order valence-electron chi connectivity index (χ1n) is 6.15. The molecule has 0 radical (unpaired) electrons. The number of ether oxygens (including phenoxy) is 1. The molecule has 2 aromatic carbocycles. The van der Waals surface area contributed by atoms with E-state index in [1.807, 2.05) is 42.5 Å². The van der Waals surface area contributed by atoms with Gasteiger partial charge in [-0.2, -0.15) is 0 Å². The van der Waals surface area contributed by atoms with E-state index in [1.165, 1.54) is 11.1 Å². The first-order chi connectivity index (χ1) is 8.92. The van der Waals surface area contributed by atoms with Crippen molar-refractivity contribution in [1.29, 1.82) is 0 Å². The number of nitrogens with one attached hydrogen (secondary N) is 1. The first-order valence-corrected chi connectivity index (χ1v) is 6.15. The van der Waals surface area contributed by atoms with Gasteiger partial charge < -0.3 is 10.1 Å². The summed E-state index contributed by atoms with van der Waals surface area (Å²) in [7, 11) is 0. The zero-order valence-corrected chi connectivity index (χ0v) is 10.1. The van der Waals surface area contributed by atoms with Gasteiger partial charge >= 0.3 is 0 Å². The maximum absolute atomic E-state index is 5.76. The fourth-order valence-electron chi connectivity index (χ4n) is 2.06. The molecule has 2 nitrogen and oxygen atoms in total. The Kier molecular flexibility index (Phi) is 3.11. The number of hydrogen-bond donors (Lipinski definition) is 1. The van der Waals surface area contributed by atoms with Crippen LogP contribution in [0.2, 0.25) is 0 Å². The Hall–Kier alpha value is -2.06. The minimum atomic E-state index is 0.868. The van der Waals surface area contributed by atoms with E-state index in [1.54, 1.807) is 0 Å². The molecular weight excluding hydrogens is 222 g/mol. The van der Waals surface area contributed by atoms with E-state index >= 15 is 0 Å². The Morgan fingerprint density at radius 3 is 2.22 bits per heavy atom. The van der Waals surface area contributed by atoms with Crippen molar-refractivity contribution < 1.29 is 4.74 Å². The van der Waals surface area contributed by atoms with Crippen molar-refractivity contribution in [2.75, 3.05) is 13.1 Å². The Labute approximate surface area is 107 Å². The van der Waals surface area contributed by atoms with Gasteiger partial charge in [0.1, 0.15) is 11.5 Å². The predicted molar refractivity (Wildman–Crippen MR) is 73.8 cm³/mol. The van der Waals surface area contributed by atoms with Gasteiger partial charge in [0.2, 0.25) is 0 Å². The molecule has 2 heteroatoms. The Morgan fingerprint density at radius 1 is 0.833 bits per heavy atom. The van der Waals surface area contributed by atoms with Gasteiger partial charge in [-0.05, 0) is 35.4 Å². The molecule has 0 amide bonds. The second kappa shape index (κ2) is 5.07. The lowest BCUT2D eigenvalue weighted by atomic mass is 10.1. The maximum atomic E-state index is 5.76. The zero-order valence-electron chi connectivity index (χ0n) is 10.1. The molecule has 2 aromatic rings. The highest BCUT2D eigenvalue weighted by molar-refractivity contribution is 5.69. The Bertz CT molecular complexity index is 543. The number of rotatable bonds is 3. The third-order valence-corrected chi connectivity index (χ3v) is 3.01. The van der Waals surface area contributed by atoms with Crippen molar-refractivity contribution in [1.82, 2.24) is 5.32 Å². The van der Waals surface area contributed by atoms with Crippen LogP contribution in [0, 0.1) is 0 Å². The molecular formula is C16H15NO. The lowest BCUT2D eigenvalue weighted by Crippen LogP contribution is -2.07. The Morgan fingerprint density at radius 2 is 1.56 bits per heavy atom. The third kappa shape index (κ3) is 2.44. The predicted octanol–water partition coefficient (Wildman–Crippen LogP) is 3.47. The molecule has 0 aliphatic carbocycles. The van der Waals surface area contributed by atoms with Crippen molar-refractivity contribution in [2.45, 2.75) is 0 Å². The van der Waals surface area contributed by atoms with Gasteiger partial charge in [-0.3, -0.25) is 0 Å². The second-order valence-electron chi connectivity index (χ2n) is 4.30. The largest absolute Gasteiger partial charge is 0.457 e. The highest BCUT2D eigenvalue weighted by Gasteiger charge is 2.06. The molecule has 0 unspecified atom stereocenters. The van der Waals surface area contributed by atoms with E-state index in [4.69, 9.17) is 4.74 Å². The molecule has 1 aliphatic heterocycles. The number of benzene rings is 2. The van der Waals surface area contributed by atoms with Crippen LogP contribution >= 0.6 is 0 Å². The summed E-state index contributed by atoms with van der Waals surface area (Å²) in [6, 6.07) is 18.1. The van der Waals surface area contributed by atoms with E-state index in [-0.39, 0.29) is 0 Å². The average molecular weight is 237 g/mol. The molecule has 18 heavy (non-hydrogen) atoms. The van der Waals surface area contributed by atoms with Crippen LogP contribution in [0.1, 0.15) is 5.56 Å². The fourth-order valence-corrected chi connectivity index (χ4v) is 2.06. The summed E-state index contributed by atoms with van der Waals surface area (Å²) >= 11 is 0. The van der Waals surface area contributed by atoms with Gasteiger partial charge in [-0.1, -0.05) is 36.4 Å². The van der Waals surface area contributed by atoms with Gasteiger partial charge in [0, 0.05) is 13.1 Å². The third-order valence-electron chi connectivity index (χ3n) is 3.01. The first kappa shape index (κ1) is 11.1. The summed E-state index contributed by atoms with van der Waals surface area (Å²) in [6.45, 7) is 1.93. The van der Waals surface area contributed by atoms with Gasteiger partial charge in [0.25, 0.3) is 0 Å². The van der Waals surface area contributed by atoms with Gasteiger partial charge in [-0.15, -0.1) is 0 Å². The molecule has 1 heterocycles. The summed E-state index contributed by atoms with van der Waals surface area (Å²) in [5.74, 6) is 1.74. The molecule has 0 fully saturated rings. The lowest BCUT2D eigenvalue weighted by Gasteiger charge is -2.07. The highest BCUT2D eigenvalue weighted by atomic mass is 16.5. The lowest BCUT2D eigenvalue weighted by molar-refractivity contribution is 0.482. The van der Waals surface area contributed by atoms with E-state index in [9.17, 15) is 0 Å². The molecule has 90 valence electrons. The molecule has 0 aromatic heterocycles. The average Bonchev–Trinajstić information content (AvgIpc) is 2.95. The van der Waals surface area contributed by atoms with Crippen LogP contribution in [0.5, 0.6) is 11.5 Å². The molecule has 0 spiro atoms. The van der Waals surface area contributed by atoms with Crippen LogP contribution in [-0.4, -0.2) is 13.1 Å². The van der Waals surface area contributed by atoms with Gasteiger partial charge in [-0.25, -0.2) is 0 Å². The number of para-hydroxylation sites is 1. The minimum absolute atomic E-state index is 0.868. The molecule has 0 atom stereocenters. The van der Waals surface area contributed by atoms with E-state index in [0.29, 0.717) is 0 Å². The van der Waals surface area contributed by atoms with Crippen LogP contribution in [0.25, 0.3) is 5.57 Å². The van der Waals surface area contributed by atoms with Crippen LogP contribution in [0.3, 0.4) is 0 Å². The topological polar surface area (TPSA) is 21.3 Å². The molecule has 1 aliphatic rings. The van der Waals surface area contributed by atoms with E-state index < -0.39 is 0 Å². The summed E-state index contributed by atoms with van der Waals surface area (Å²) in [4.78, 5) is 0. The monoisotopic (exact) mass is 237 g/mol. The van der Waals surface area contributed by atoms with Crippen LogP contribution in [0.15, 0.2) is 60.7 Å². The van der Waals surface area contributed by atoms with E-state index in [0.717, 1.165) is 24.6 Å². The second-order valence-corrected chi connectivity index (χ2v) is 4.30. The smallest absolute Gasteiger partial charge is 0.127 e. The standard InChI is InChI=1S/C16H15NO/c1-2-4-15(5-3-1)18-16-8-6-13(7-9-16)14-10-11-17-12-14/h1-10,17H,11-12H2. The molecule has 0 saturated heterocycles. The maximum Gasteiger partial charge on any atom is 0.127 e. The minimum Gasteiger partial charge on any atom is -0.457 e.